The fourth-order valence-corrected chi connectivity index (χ4v) is 5.75. The third-order valence-corrected chi connectivity index (χ3v) is 7.01. The summed E-state index contributed by atoms with van der Waals surface area (Å²) in [6, 6.07) is 2.56. The van der Waals surface area contributed by atoms with Crippen LogP contribution in [0.1, 0.15) is 75.5 Å². The maximum Gasteiger partial charge on any atom is 0.272 e. The lowest BCUT2D eigenvalue weighted by atomic mass is 9.66. The molecule has 3 heterocycles. The summed E-state index contributed by atoms with van der Waals surface area (Å²) in [5.41, 5.74) is 1.64. The second-order valence-corrected chi connectivity index (χ2v) is 8.94. The molecule has 2 aliphatic heterocycles. The Labute approximate surface area is 155 Å². The minimum absolute atomic E-state index is 0.0158. The van der Waals surface area contributed by atoms with E-state index < -0.39 is 0 Å². The molecule has 1 aromatic rings. The van der Waals surface area contributed by atoms with E-state index in [1.54, 1.807) is 11.6 Å². The van der Waals surface area contributed by atoms with Gasteiger partial charge in [0, 0.05) is 38.0 Å². The van der Waals surface area contributed by atoms with Crippen molar-refractivity contribution in [1.29, 1.82) is 0 Å². The third-order valence-electron chi connectivity index (χ3n) is 7.01. The lowest BCUT2D eigenvalue weighted by molar-refractivity contribution is -0.137. The molecule has 142 valence electrons. The van der Waals surface area contributed by atoms with Crippen molar-refractivity contribution in [3.8, 4) is 0 Å². The minimum Gasteiger partial charge on any atom is -0.337 e. The van der Waals surface area contributed by atoms with Crippen molar-refractivity contribution < 1.29 is 9.59 Å². The van der Waals surface area contributed by atoms with Crippen molar-refractivity contribution in [2.75, 3.05) is 6.54 Å². The normalized spacial score (nSPS) is 33.1. The summed E-state index contributed by atoms with van der Waals surface area (Å²) in [6.07, 6.45) is 4.18. The van der Waals surface area contributed by atoms with Gasteiger partial charge >= 0.3 is 0 Å². The summed E-state index contributed by atoms with van der Waals surface area (Å²) in [6.45, 7) is 8.82. The molecule has 2 amide bonds. The Balaban J connectivity index is 1.71. The van der Waals surface area contributed by atoms with Gasteiger partial charge in [0.05, 0.1) is 11.7 Å². The van der Waals surface area contributed by atoms with E-state index in [2.05, 4.69) is 30.8 Å². The molecule has 3 aliphatic rings. The molecule has 1 aromatic heterocycles. The van der Waals surface area contributed by atoms with E-state index in [4.69, 9.17) is 0 Å². The van der Waals surface area contributed by atoms with Crippen LogP contribution in [0, 0.1) is 5.41 Å². The number of likely N-dealkylation sites (tertiary alicyclic amines) is 2. The van der Waals surface area contributed by atoms with Crippen molar-refractivity contribution in [3.05, 3.63) is 17.5 Å². The number of rotatable bonds is 2. The Kier molecular flexibility index (Phi) is 3.93. The Morgan fingerprint density at radius 1 is 1.27 bits per heavy atom. The van der Waals surface area contributed by atoms with E-state index in [-0.39, 0.29) is 35.4 Å². The van der Waals surface area contributed by atoms with Crippen LogP contribution in [0.5, 0.6) is 0 Å². The molecule has 0 spiro atoms. The van der Waals surface area contributed by atoms with Gasteiger partial charge in [-0.15, -0.1) is 0 Å². The molecule has 6 nitrogen and oxygen atoms in total. The lowest BCUT2D eigenvalue weighted by Gasteiger charge is -2.49. The highest BCUT2D eigenvalue weighted by atomic mass is 16.2. The van der Waals surface area contributed by atoms with E-state index >= 15 is 0 Å². The molecule has 4 rings (SSSR count). The number of aryl methyl sites for hydroxylation is 1. The molecule has 0 unspecified atom stereocenters. The highest BCUT2D eigenvalue weighted by Crippen LogP contribution is 2.54. The highest BCUT2D eigenvalue weighted by molar-refractivity contribution is 5.93. The Morgan fingerprint density at radius 3 is 2.58 bits per heavy atom. The molecule has 4 atom stereocenters. The fraction of sp³-hybridized carbons (Fsp3) is 0.750. The molecule has 0 aromatic carbocycles. The van der Waals surface area contributed by atoms with E-state index in [1.165, 1.54) is 0 Å². The second-order valence-electron chi connectivity index (χ2n) is 8.94. The molecular formula is C20H30N4O2. The summed E-state index contributed by atoms with van der Waals surface area (Å²) < 4.78 is 1.73. The van der Waals surface area contributed by atoms with Gasteiger partial charge in [-0.05, 0) is 37.7 Å². The highest BCUT2D eigenvalue weighted by Gasteiger charge is 2.61. The van der Waals surface area contributed by atoms with Crippen molar-refractivity contribution in [1.82, 2.24) is 19.6 Å². The van der Waals surface area contributed by atoms with E-state index in [0.717, 1.165) is 31.4 Å². The number of fused-ring (bicyclic) bond motifs is 1. The SMILES string of the molecule is CC(=O)N1C[C@@H]2C[C@@]3(C)[C@H](CCC[C@@H]13)N2C(=O)c1cc(C(C)C)nn1C. The quantitative estimate of drug-likeness (QED) is 0.816. The van der Waals surface area contributed by atoms with Crippen LogP contribution in [0.25, 0.3) is 0 Å². The van der Waals surface area contributed by atoms with Crippen LogP contribution in [0.2, 0.25) is 0 Å². The zero-order chi connectivity index (χ0) is 18.8. The second kappa shape index (κ2) is 5.83. The van der Waals surface area contributed by atoms with Crippen molar-refractivity contribution in [2.45, 2.75) is 77.4 Å². The van der Waals surface area contributed by atoms with Gasteiger partial charge in [0.1, 0.15) is 5.69 Å². The van der Waals surface area contributed by atoms with Gasteiger partial charge in [-0.2, -0.15) is 5.10 Å². The van der Waals surface area contributed by atoms with Crippen LogP contribution in [0.3, 0.4) is 0 Å². The lowest BCUT2D eigenvalue weighted by Crippen LogP contribution is -2.57. The maximum absolute atomic E-state index is 13.5. The number of piperidine rings is 1. The number of amides is 2. The van der Waals surface area contributed by atoms with Crippen molar-refractivity contribution in [2.24, 2.45) is 12.5 Å². The van der Waals surface area contributed by atoms with Gasteiger partial charge in [-0.1, -0.05) is 20.8 Å². The van der Waals surface area contributed by atoms with Crippen LogP contribution in [-0.4, -0.2) is 56.1 Å². The van der Waals surface area contributed by atoms with Crippen LogP contribution in [-0.2, 0) is 11.8 Å². The molecule has 2 bridgehead atoms. The van der Waals surface area contributed by atoms with Gasteiger partial charge in [-0.25, -0.2) is 0 Å². The third kappa shape index (κ3) is 2.33. The van der Waals surface area contributed by atoms with Crippen molar-refractivity contribution >= 4 is 11.8 Å². The Hall–Kier alpha value is -1.85. The van der Waals surface area contributed by atoms with E-state index in [0.29, 0.717) is 18.2 Å². The molecule has 2 saturated heterocycles. The van der Waals surface area contributed by atoms with Crippen molar-refractivity contribution in [3.63, 3.8) is 0 Å². The Morgan fingerprint density at radius 2 is 1.96 bits per heavy atom. The Bertz CT molecular complexity index is 755. The number of carbonyl (C=O) groups excluding carboxylic acids is 2. The fourth-order valence-electron chi connectivity index (χ4n) is 5.75. The predicted octanol–water partition coefficient (Wildman–Crippen LogP) is 2.55. The molecule has 26 heavy (non-hydrogen) atoms. The monoisotopic (exact) mass is 358 g/mol. The zero-order valence-corrected chi connectivity index (χ0v) is 16.5. The first-order valence-corrected chi connectivity index (χ1v) is 9.88. The van der Waals surface area contributed by atoms with Gasteiger partial charge in [-0.3, -0.25) is 14.3 Å². The van der Waals surface area contributed by atoms with Gasteiger partial charge in [0.2, 0.25) is 5.91 Å². The number of nitrogens with zero attached hydrogens (tertiary/aromatic N) is 4. The summed E-state index contributed by atoms with van der Waals surface area (Å²) in [4.78, 5) is 29.9. The van der Waals surface area contributed by atoms with Gasteiger partial charge in [0.25, 0.3) is 5.91 Å². The molecular weight excluding hydrogens is 328 g/mol. The predicted molar refractivity (Wildman–Crippen MR) is 98.8 cm³/mol. The summed E-state index contributed by atoms with van der Waals surface area (Å²) in [5.74, 6) is 0.519. The number of carbonyl (C=O) groups is 2. The number of hydrogen-bond acceptors (Lipinski definition) is 3. The molecule has 1 aliphatic carbocycles. The first-order valence-electron chi connectivity index (χ1n) is 9.88. The first-order chi connectivity index (χ1) is 12.2. The standard InChI is InChI=1S/C20H30N4O2/c1-12(2)15-9-16(22(5)21-15)19(26)24-14-10-20(4)17(7-6-8-18(20)24)23(11-14)13(3)25/h9,12,14,17-18H,6-8,10-11H2,1-5H3/t14-,17+,18-,20+/m0/s1. The molecule has 0 radical (unpaired) electrons. The van der Waals surface area contributed by atoms with E-state index in [9.17, 15) is 9.59 Å². The molecule has 6 heteroatoms. The van der Waals surface area contributed by atoms with E-state index in [1.807, 2.05) is 18.0 Å². The number of aromatic nitrogens is 2. The van der Waals surface area contributed by atoms with Crippen LogP contribution < -0.4 is 0 Å². The minimum atomic E-state index is 0.0158. The smallest absolute Gasteiger partial charge is 0.272 e. The molecule has 0 N–H and O–H groups in total. The van der Waals surface area contributed by atoms with Gasteiger partial charge < -0.3 is 9.80 Å². The van der Waals surface area contributed by atoms with Crippen LogP contribution >= 0.6 is 0 Å². The molecule has 3 fully saturated rings. The summed E-state index contributed by atoms with van der Waals surface area (Å²) in [7, 11) is 1.86. The topological polar surface area (TPSA) is 58.4 Å². The largest absolute Gasteiger partial charge is 0.337 e. The van der Waals surface area contributed by atoms with Crippen LogP contribution in [0.4, 0.5) is 0 Å². The zero-order valence-electron chi connectivity index (χ0n) is 16.5. The average molecular weight is 358 g/mol. The van der Waals surface area contributed by atoms with Gasteiger partial charge in [0.15, 0.2) is 0 Å². The van der Waals surface area contributed by atoms with Crippen LogP contribution in [0.15, 0.2) is 6.07 Å². The summed E-state index contributed by atoms with van der Waals surface area (Å²) >= 11 is 0. The average Bonchev–Trinajstić information content (AvgIpc) is 3.09. The first kappa shape index (κ1) is 17.6. The number of hydrogen-bond donors (Lipinski definition) is 0. The summed E-state index contributed by atoms with van der Waals surface area (Å²) in [5, 5.41) is 4.53. The maximum atomic E-state index is 13.5. The molecule has 1 saturated carbocycles.